The summed E-state index contributed by atoms with van der Waals surface area (Å²) in [5, 5.41) is 10.1. The third-order valence-electron chi connectivity index (χ3n) is 9.99. The zero-order valence-electron chi connectivity index (χ0n) is 32.4. The summed E-state index contributed by atoms with van der Waals surface area (Å²) in [7, 11) is 0. The lowest BCUT2D eigenvalue weighted by Crippen LogP contribution is -2.37. The Bertz CT molecular complexity index is 631. The molecule has 0 aromatic rings. The Kier molecular flexibility index (Phi) is 32.6. The first-order chi connectivity index (χ1) is 22.7. The quantitative estimate of drug-likeness (QED) is 0.0532. The summed E-state index contributed by atoms with van der Waals surface area (Å²) in [4.78, 5) is 24.7. The fourth-order valence-electron chi connectivity index (χ4n) is 6.24. The summed E-state index contributed by atoms with van der Waals surface area (Å²) < 4.78 is 11.1. The maximum atomic E-state index is 12.4. The van der Waals surface area contributed by atoms with Gasteiger partial charge >= 0.3 is 11.9 Å². The van der Waals surface area contributed by atoms with Gasteiger partial charge in [-0.05, 0) is 31.1 Å². The van der Waals surface area contributed by atoms with Gasteiger partial charge in [-0.2, -0.15) is 0 Å². The molecule has 280 valence electrons. The molecule has 0 amide bonds. The molecule has 0 saturated heterocycles. The Balaban J connectivity index is 3.74. The van der Waals surface area contributed by atoms with E-state index in [1.165, 1.54) is 141 Å². The van der Waals surface area contributed by atoms with Gasteiger partial charge in [0, 0.05) is 12.8 Å². The number of aliphatic hydroxyl groups excluding tert-OH is 1. The van der Waals surface area contributed by atoms with E-state index in [1.807, 2.05) is 6.92 Å². The number of esters is 2. The Morgan fingerprint density at radius 1 is 0.468 bits per heavy atom. The molecule has 0 aliphatic rings. The van der Waals surface area contributed by atoms with Gasteiger partial charge in [0.2, 0.25) is 0 Å². The van der Waals surface area contributed by atoms with Crippen molar-refractivity contribution in [2.75, 3.05) is 19.8 Å². The van der Waals surface area contributed by atoms with Crippen LogP contribution in [0.15, 0.2) is 0 Å². The highest BCUT2D eigenvalue weighted by molar-refractivity contribution is 5.69. The number of hydrogen-bond acceptors (Lipinski definition) is 5. The van der Waals surface area contributed by atoms with Gasteiger partial charge in [0.1, 0.15) is 13.2 Å². The normalized spacial score (nSPS) is 11.9. The summed E-state index contributed by atoms with van der Waals surface area (Å²) >= 11 is 0. The van der Waals surface area contributed by atoms with E-state index in [4.69, 9.17) is 9.47 Å². The molecule has 1 N–H and O–H groups in total. The average molecular weight is 667 g/mol. The van der Waals surface area contributed by atoms with Gasteiger partial charge < -0.3 is 14.6 Å². The van der Waals surface area contributed by atoms with Crippen LogP contribution in [-0.2, 0) is 19.1 Å². The first kappa shape index (κ1) is 45.9. The van der Waals surface area contributed by atoms with Crippen molar-refractivity contribution < 1.29 is 24.2 Å². The second-order valence-corrected chi connectivity index (χ2v) is 15.7. The van der Waals surface area contributed by atoms with E-state index in [-0.39, 0.29) is 31.8 Å². The molecule has 0 saturated carbocycles. The summed E-state index contributed by atoms with van der Waals surface area (Å²) in [6, 6.07) is 0. The summed E-state index contributed by atoms with van der Waals surface area (Å²) in [6.45, 7) is 11.2. The molecule has 0 aromatic heterocycles. The minimum absolute atomic E-state index is 0.0992. The van der Waals surface area contributed by atoms with Crippen molar-refractivity contribution in [2.45, 2.75) is 221 Å². The van der Waals surface area contributed by atoms with Crippen LogP contribution in [0.1, 0.15) is 221 Å². The molecule has 0 aliphatic heterocycles. The molecule has 0 spiro atoms. The predicted octanol–water partition coefficient (Wildman–Crippen LogP) is 12.7. The van der Waals surface area contributed by atoms with E-state index in [0.717, 1.165) is 37.5 Å². The summed E-state index contributed by atoms with van der Waals surface area (Å²) in [5.41, 5.74) is -0.715. The fourth-order valence-corrected chi connectivity index (χ4v) is 6.24. The minimum Gasteiger partial charge on any atom is -0.465 e. The molecule has 0 radical (unpaired) electrons. The maximum Gasteiger partial charge on any atom is 0.305 e. The Labute approximate surface area is 293 Å². The summed E-state index contributed by atoms with van der Waals surface area (Å²) in [5.74, 6) is 1.25. The van der Waals surface area contributed by atoms with Crippen LogP contribution in [0.4, 0.5) is 0 Å². The van der Waals surface area contributed by atoms with Crippen molar-refractivity contribution in [3.8, 4) is 0 Å². The monoisotopic (exact) mass is 667 g/mol. The van der Waals surface area contributed by atoms with Crippen molar-refractivity contribution >= 4 is 11.9 Å². The van der Waals surface area contributed by atoms with E-state index in [1.54, 1.807) is 0 Å². The number of carbonyl (C=O) groups is 2. The first-order valence-electron chi connectivity index (χ1n) is 20.7. The fraction of sp³-hybridized carbons (Fsp3) is 0.952. The van der Waals surface area contributed by atoms with E-state index in [0.29, 0.717) is 19.3 Å². The van der Waals surface area contributed by atoms with E-state index < -0.39 is 5.41 Å². The second-order valence-electron chi connectivity index (χ2n) is 15.7. The predicted molar refractivity (Wildman–Crippen MR) is 201 cm³/mol. The van der Waals surface area contributed by atoms with Gasteiger partial charge in [-0.3, -0.25) is 9.59 Å². The van der Waals surface area contributed by atoms with Crippen LogP contribution in [0.5, 0.6) is 0 Å². The lowest BCUT2D eigenvalue weighted by Gasteiger charge is -2.29. The number of unbranched alkanes of at least 4 members (excludes halogenated alkanes) is 22. The van der Waals surface area contributed by atoms with Crippen LogP contribution in [0, 0.1) is 17.3 Å². The molecule has 0 unspecified atom stereocenters. The van der Waals surface area contributed by atoms with Gasteiger partial charge in [-0.1, -0.05) is 189 Å². The van der Waals surface area contributed by atoms with E-state index in [2.05, 4.69) is 27.7 Å². The Hall–Kier alpha value is -1.10. The number of ether oxygens (including phenoxy) is 2. The first-order valence-corrected chi connectivity index (χ1v) is 20.7. The molecule has 0 fully saturated rings. The van der Waals surface area contributed by atoms with Crippen LogP contribution in [0.25, 0.3) is 0 Å². The van der Waals surface area contributed by atoms with Crippen LogP contribution >= 0.6 is 0 Å². The molecular formula is C42H82O5. The largest absolute Gasteiger partial charge is 0.465 e. The Morgan fingerprint density at radius 3 is 0.957 bits per heavy atom. The highest BCUT2D eigenvalue weighted by atomic mass is 16.5. The zero-order chi connectivity index (χ0) is 34.9. The molecular weight excluding hydrogens is 584 g/mol. The molecule has 0 rings (SSSR count). The van der Waals surface area contributed by atoms with Crippen LogP contribution in [0.2, 0.25) is 0 Å². The summed E-state index contributed by atoms with van der Waals surface area (Å²) in [6.07, 6.45) is 34.7. The highest BCUT2D eigenvalue weighted by Crippen LogP contribution is 2.24. The minimum atomic E-state index is -0.715. The SMILES string of the molecule is CCC(CO)(COC(=O)CCCCCCCCCCCCCCC(C)C)COC(=O)CCCCCCCCCCCCCCC(C)C. The third-order valence-corrected chi connectivity index (χ3v) is 9.99. The van der Waals surface area contributed by atoms with Gasteiger partial charge in [0.05, 0.1) is 12.0 Å². The zero-order valence-corrected chi connectivity index (χ0v) is 32.4. The van der Waals surface area contributed by atoms with Crippen molar-refractivity contribution in [3.63, 3.8) is 0 Å². The molecule has 0 bridgehead atoms. The van der Waals surface area contributed by atoms with Gasteiger partial charge in [-0.15, -0.1) is 0 Å². The topological polar surface area (TPSA) is 72.8 Å². The number of aliphatic hydroxyl groups is 1. The number of rotatable bonds is 36. The maximum absolute atomic E-state index is 12.4. The van der Waals surface area contributed by atoms with E-state index >= 15 is 0 Å². The second kappa shape index (κ2) is 33.4. The number of carbonyl (C=O) groups excluding carboxylic acids is 2. The average Bonchev–Trinajstić information content (AvgIpc) is 3.05. The molecule has 0 aromatic carbocycles. The van der Waals surface area contributed by atoms with Crippen LogP contribution in [0.3, 0.4) is 0 Å². The van der Waals surface area contributed by atoms with Crippen molar-refractivity contribution in [3.05, 3.63) is 0 Å². The molecule has 5 heteroatoms. The third kappa shape index (κ3) is 31.9. The number of hydrogen-bond donors (Lipinski definition) is 1. The smallest absolute Gasteiger partial charge is 0.305 e. The Morgan fingerprint density at radius 2 is 0.723 bits per heavy atom. The van der Waals surface area contributed by atoms with Crippen molar-refractivity contribution in [1.82, 2.24) is 0 Å². The standard InChI is InChI=1S/C42H82O5/c1-6-42(35-43,36-46-40(44)33-29-25-21-17-13-9-7-11-15-19-23-27-31-38(2)3)37-47-41(45)34-30-26-22-18-14-10-8-12-16-20-24-28-32-39(4)5/h38-39,43H,6-37H2,1-5H3. The van der Waals surface area contributed by atoms with Gasteiger partial charge in [0.25, 0.3) is 0 Å². The molecule has 5 nitrogen and oxygen atoms in total. The molecule has 0 aliphatic carbocycles. The molecule has 0 heterocycles. The lowest BCUT2D eigenvalue weighted by molar-refractivity contribution is -0.156. The van der Waals surface area contributed by atoms with Crippen molar-refractivity contribution in [2.24, 2.45) is 17.3 Å². The van der Waals surface area contributed by atoms with Gasteiger partial charge in [-0.25, -0.2) is 0 Å². The van der Waals surface area contributed by atoms with E-state index in [9.17, 15) is 14.7 Å². The van der Waals surface area contributed by atoms with Crippen molar-refractivity contribution in [1.29, 1.82) is 0 Å². The van der Waals surface area contributed by atoms with Crippen LogP contribution < -0.4 is 0 Å². The van der Waals surface area contributed by atoms with Crippen LogP contribution in [-0.4, -0.2) is 36.9 Å². The van der Waals surface area contributed by atoms with Gasteiger partial charge in [0.15, 0.2) is 0 Å². The molecule has 0 atom stereocenters. The lowest BCUT2D eigenvalue weighted by atomic mass is 9.88. The highest BCUT2D eigenvalue weighted by Gasteiger charge is 2.31. The molecule has 47 heavy (non-hydrogen) atoms.